The fraction of sp³-hybridized carbons (Fsp3) is 0. The van der Waals surface area contributed by atoms with Crippen molar-refractivity contribution in [3.63, 3.8) is 0 Å². The zero-order chi connectivity index (χ0) is 8.71. The van der Waals surface area contributed by atoms with Crippen molar-refractivity contribution in [2.45, 2.75) is 0 Å². The molecule has 0 saturated heterocycles. The molecule has 7 nitrogen and oxygen atoms in total. The third kappa shape index (κ3) is 874. The van der Waals surface area contributed by atoms with E-state index in [4.69, 9.17) is 34.9 Å². The van der Waals surface area contributed by atoms with Crippen LogP contribution in [0.15, 0.2) is 0 Å². The average molecular weight is 186 g/mol. The molecule has 0 rings (SSSR count). The Hall–Kier alpha value is 0.780. The zero-order valence-electron chi connectivity index (χ0n) is 5.17. The standard InChI is InChI=1S/CH2O.Na.H2O2S.2H2O2/c1-2;;1-3-2;2*1-2/h1H2;;1-2H;2*1-2H/q;+1;;;/p-1. The van der Waals surface area contributed by atoms with E-state index in [0.29, 0.717) is 0 Å². The molecule has 0 fully saturated rings. The second-order valence-corrected chi connectivity index (χ2v) is 0.245. The van der Waals surface area contributed by atoms with Crippen molar-refractivity contribution in [2.24, 2.45) is 0 Å². The van der Waals surface area contributed by atoms with E-state index in [1.165, 1.54) is 0 Å². The molecule has 0 spiro atoms. The Morgan fingerprint density at radius 2 is 1.10 bits per heavy atom. The summed E-state index contributed by atoms with van der Waals surface area (Å²) in [6, 6.07) is 0. The van der Waals surface area contributed by atoms with Crippen LogP contribution in [0.1, 0.15) is 0 Å². The van der Waals surface area contributed by atoms with E-state index in [-0.39, 0.29) is 41.9 Å². The van der Waals surface area contributed by atoms with E-state index < -0.39 is 0 Å². The van der Waals surface area contributed by atoms with Gasteiger partial charge in [0.25, 0.3) is 0 Å². The third-order valence-electron chi connectivity index (χ3n) is 0. The van der Waals surface area contributed by atoms with Gasteiger partial charge in [0.2, 0.25) is 0 Å². The molecule has 0 aromatic rings. The van der Waals surface area contributed by atoms with Gasteiger partial charge in [0.05, 0.1) is 0 Å². The van der Waals surface area contributed by atoms with Crippen LogP contribution in [0, 0.1) is 0 Å². The Balaban J connectivity index is -0.0000000110. The van der Waals surface area contributed by atoms with Gasteiger partial charge < -0.3 is 24.4 Å². The summed E-state index contributed by atoms with van der Waals surface area (Å²) in [4.78, 5) is 8.00. The fourth-order valence-electron chi connectivity index (χ4n) is 0. The number of hydrogen-bond donors (Lipinski definition) is 5. The molecule has 0 atom stereocenters. The second-order valence-electron chi connectivity index (χ2n) is 0.0816. The summed E-state index contributed by atoms with van der Waals surface area (Å²) in [5.41, 5.74) is 0. The van der Waals surface area contributed by atoms with Gasteiger partial charge in [-0.25, -0.2) is 0 Å². The molecule has 0 aromatic heterocycles. The summed E-state index contributed by atoms with van der Waals surface area (Å²) in [5, 5.41) is 25.0. The van der Waals surface area contributed by atoms with Gasteiger partial charge in [0, 0.05) is 0 Å². The minimum absolute atomic E-state index is 0. The van der Waals surface area contributed by atoms with Crippen molar-refractivity contribution in [3.8, 4) is 0 Å². The van der Waals surface area contributed by atoms with Crippen molar-refractivity contribution in [2.75, 3.05) is 0 Å². The average Bonchev–Trinajstić information content (AvgIpc) is 2.01. The van der Waals surface area contributed by atoms with Crippen LogP contribution in [-0.2, 0) is 4.79 Å². The molecule has 0 unspecified atom stereocenters. The van der Waals surface area contributed by atoms with E-state index in [9.17, 15) is 0 Å². The van der Waals surface area contributed by atoms with E-state index in [0.717, 1.165) is 0 Å². The Bertz CT molecular complexity index is 17.6. The Kier molecular flexibility index (Phi) is 734. The molecule has 9 heteroatoms. The van der Waals surface area contributed by atoms with Crippen molar-refractivity contribution in [1.82, 2.24) is 0 Å². The first-order valence-corrected chi connectivity index (χ1v) is 1.77. The molecule has 0 aliphatic heterocycles. The van der Waals surface area contributed by atoms with Crippen LogP contribution < -0.4 is 34.8 Å². The molecule has 0 aliphatic carbocycles. The molecule has 60 valence electrons. The van der Waals surface area contributed by atoms with Gasteiger partial charge in [-0.05, 0) is 0 Å². The molecule has 0 saturated carbocycles. The molecule has 0 radical (unpaired) electrons. The van der Waals surface area contributed by atoms with Crippen LogP contribution in [-0.4, -0.2) is 31.7 Å². The van der Waals surface area contributed by atoms with Crippen LogP contribution in [0.2, 0.25) is 0 Å². The van der Waals surface area contributed by atoms with E-state index in [2.05, 4.69) is 0 Å². The molecular formula is CH7NaO7S. The van der Waals surface area contributed by atoms with Gasteiger partial charge in [0.1, 0.15) is 6.79 Å². The summed E-state index contributed by atoms with van der Waals surface area (Å²) >= 11 is -0.250. The monoisotopic (exact) mass is 186 g/mol. The van der Waals surface area contributed by atoms with E-state index in [1.54, 1.807) is 0 Å². The molecule has 5 N–H and O–H groups in total. The molecule has 0 aromatic carbocycles. The Labute approximate surface area is 83.5 Å². The van der Waals surface area contributed by atoms with Crippen molar-refractivity contribution in [1.29, 1.82) is 0 Å². The predicted octanol–water partition coefficient (Wildman–Crippen LogP) is -3.68. The summed E-state index contributed by atoms with van der Waals surface area (Å²) < 4.78 is 14.1. The Morgan fingerprint density at radius 3 is 1.10 bits per heavy atom. The van der Waals surface area contributed by atoms with Crippen molar-refractivity contribution >= 4 is 19.1 Å². The van der Waals surface area contributed by atoms with Crippen LogP contribution in [0.4, 0.5) is 0 Å². The van der Waals surface area contributed by atoms with Crippen LogP contribution in [0.3, 0.4) is 0 Å². The van der Waals surface area contributed by atoms with Gasteiger partial charge in [0.15, 0.2) is 12.3 Å². The summed E-state index contributed by atoms with van der Waals surface area (Å²) in [6.07, 6.45) is 0. The van der Waals surface area contributed by atoms with Gasteiger partial charge in [-0.2, -0.15) is 0 Å². The molecule has 0 amide bonds. The number of carbonyl (C=O) groups excluding carboxylic acids is 1. The Morgan fingerprint density at radius 1 is 1.10 bits per heavy atom. The maximum atomic E-state index is 8.00. The molecule has 10 heavy (non-hydrogen) atoms. The minimum Gasteiger partial charge on any atom is -0.727 e. The smallest absolute Gasteiger partial charge is 0.727 e. The van der Waals surface area contributed by atoms with Gasteiger partial charge in [-0.1, -0.05) is 0 Å². The van der Waals surface area contributed by atoms with Crippen molar-refractivity contribution in [3.05, 3.63) is 0 Å². The third-order valence-corrected chi connectivity index (χ3v) is 0. The molecular weight excluding hydrogens is 179 g/mol. The van der Waals surface area contributed by atoms with E-state index >= 15 is 0 Å². The maximum Gasteiger partial charge on any atom is 1.00 e. The van der Waals surface area contributed by atoms with Gasteiger partial charge in [-0.15, -0.1) is 0 Å². The first kappa shape index (κ1) is 30.9. The van der Waals surface area contributed by atoms with Gasteiger partial charge >= 0.3 is 29.6 Å². The SMILES string of the molecule is C=O.OO.OSO.[Na+].[O-]O. The molecule has 0 heterocycles. The quantitative estimate of drug-likeness (QED) is 0.113. The fourth-order valence-corrected chi connectivity index (χ4v) is 0. The number of hydrogen-bond acceptors (Lipinski definition) is 8. The summed E-state index contributed by atoms with van der Waals surface area (Å²) in [5.74, 6) is 0. The first-order valence-electron chi connectivity index (χ1n) is 1.04. The second kappa shape index (κ2) is 238. The van der Waals surface area contributed by atoms with Crippen LogP contribution in [0.25, 0.3) is 0 Å². The van der Waals surface area contributed by atoms with Crippen LogP contribution >= 0.6 is 12.3 Å². The summed E-state index contributed by atoms with van der Waals surface area (Å²) in [7, 11) is 0. The molecule has 0 aliphatic rings. The predicted molar refractivity (Wildman–Crippen MR) is 27.9 cm³/mol. The minimum atomic E-state index is -0.250. The maximum absolute atomic E-state index is 8.00. The zero-order valence-corrected chi connectivity index (χ0v) is 7.98. The van der Waals surface area contributed by atoms with Crippen molar-refractivity contribution < 1.29 is 64.5 Å². The molecule has 0 bridgehead atoms. The first-order chi connectivity index (χ1) is 4.41. The van der Waals surface area contributed by atoms with Gasteiger partial charge in [-0.3, -0.25) is 10.5 Å². The topological polar surface area (TPSA) is 141 Å². The summed E-state index contributed by atoms with van der Waals surface area (Å²) in [6.45, 7) is 2.00. The van der Waals surface area contributed by atoms with E-state index in [1.807, 2.05) is 6.79 Å². The largest absolute Gasteiger partial charge is 1.00 e. The number of carbonyl (C=O) groups is 1. The van der Waals surface area contributed by atoms with Crippen LogP contribution in [0.5, 0.6) is 0 Å². The normalized spacial score (nSPS) is 3.40. The number of rotatable bonds is 0.